The standard InChI is InChI=1S/C20H20F2N4O2/c1-12-5-18-24-20(19-15(21)6-13(10-27)7-16(19)22)17(26(18)11-23-12)8-14-9-25(2)3-4-28-14/h5-7,10-11,14H,3-4,8-9H2,1-2H3. The fourth-order valence-electron chi connectivity index (χ4n) is 3.58. The van der Waals surface area contributed by atoms with Crippen molar-refractivity contribution in [2.24, 2.45) is 0 Å². The number of rotatable bonds is 4. The zero-order chi connectivity index (χ0) is 19.8. The molecular weight excluding hydrogens is 366 g/mol. The molecule has 0 aliphatic carbocycles. The van der Waals surface area contributed by atoms with Gasteiger partial charge in [0.1, 0.15) is 29.9 Å². The molecule has 1 aliphatic heterocycles. The molecule has 1 atom stereocenters. The first-order chi connectivity index (χ1) is 13.5. The van der Waals surface area contributed by atoms with Gasteiger partial charge in [-0.1, -0.05) is 0 Å². The van der Waals surface area contributed by atoms with Crippen molar-refractivity contribution in [1.82, 2.24) is 19.3 Å². The summed E-state index contributed by atoms with van der Waals surface area (Å²) in [5.41, 5.74) is 1.84. The molecule has 1 unspecified atom stereocenters. The Bertz CT molecular complexity index is 1030. The second kappa shape index (κ2) is 7.37. The first-order valence-corrected chi connectivity index (χ1v) is 9.04. The number of hydrogen-bond acceptors (Lipinski definition) is 5. The van der Waals surface area contributed by atoms with Crippen LogP contribution in [-0.4, -0.2) is 58.4 Å². The van der Waals surface area contributed by atoms with Crippen molar-refractivity contribution in [3.8, 4) is 11.3 Å². The van der Waals surface area contributed by atoms with Crippen LogP contribution in [0, 0.1) is 18.6 Å². The van der Waals surface area contributed by atoms with Crippen molar-refractivity contribution in [3.05, 3.63) is 53.1 Å². The Hall–Kier alpha value is -2.71. The number of carbonyl (C=O) groups excluding carboxylic acids is 1. The van der Waals surface area contributed by atoms with E-state index in [-0.39, 0.29) is 22.9 Å². The number of benzene rings is 1. The smallest absolute Gasteiger partial charge is 0.150 e. The highest BCUT2D eigenvalue weighted by Crippen LogP contribution is 2.31. The van der Waals surface area contributed by atoms with Crippen molar-refractivity contribution < 1.29 is 18.3 Å². The van der Waals surface area contributed by atoms with Crippen LogP contribution in [0.3, 0.4) is 0 Å². The van der Waals surface area contributed by atoms with E-state index in [1.807, 2.05) is 14.0 Å². The van der Waals surface area contributed by atoms with Crippen LogP contribution in [0.15, 0.2) is 24.5 Å². The highest BCUT2D eigenvalue weighted by Gasteiger charge is 2.26. The first-order valence-electron chi connectivity index (χ1n) is 9.04. The van der Waals surface area contributed by atoms with Gasteiger partial charge in [-0.25, -0.2) is 18.7 Å². The predicted octanol–water partition coefficient (Wildman–Crippen LogP) is 2.67. The molecule has 4 rings (SSSR count). The minimum Gasteiger partial charge on any atom is -0.375 e. The molecule has 1 fully saturated rings. The SMILES string of the molecule is Cc1cc2nc(-c3c(F)cc(C=O)cc3F)c(CC3CN(C)CCO3)n2cn1. The van der Waals surface area contributed by atoms with E-state index in [2.05, 4.69) is 14.9 Å². The van der Waals surface area contributed by atoms with Crippen molar-refractivity contribution in [2.75, 3.05) is 26.7 Å². The van der Waals surface area contributed by atoms with Crippen molar-refractivity contribution in [2.45, 2.75) is 19.4 Å². The lowest BCUT2D eigenvalue weighted by atomic mass is 10.0. The molecule has 28 heavy (non-hydrogen) atoms. The molecule has 1 saturated heterocycles. The zero-order valence-corrected chi connectivity index (χ0v) is 15.7. The van der Waals surface area contributed by atoms with Gasteiger partial charge in [0.05, 0.1) is 29.7 Å². The van der Waals surface area contributed by atoms with Crippen LogP contribution < -0.4 is 0 Å². The van der Waals surface area contributed by atoms with Crippen LogP contribution in [0.4, 0.5) is 8.78 Å². The maximum absolute atomic E-state index is 14.7. The van der Waals surface area contributed by atoms with Gasteiger partial charge in [-0.05, 0) is 26.1 Å². The number of carbonyl (C=O) groups is 1. The van der Waals surface area contributed by atoms with E-state index in [1.54, 1.807) is 16.8 Å². The molecule has 1 aliphatic rings. The van der Waals surface area contributed by atoms with Gasteiger partial charge in [0.15, 0.2) is 0 Å². The molecule has 0 radical (unpaired) electrons. The largest absolute Gasteiger partial charge is 0.375 e. The topological polar surface area (TPSA) is 59.7 Å². The van der Waals surface area contributed by atoms with Crippen LogP contribution in [0.25, 0.3) is 16.9 Å². The minimum absolute atomic E-state index is 0.0567. The molecule has 1 aromatic carbocycles. The van der Waals surface area contributed by atoms with Gasteiger partial charge >= 0.3 is 0 Å². The number of halogens is 2. The normalized spacial score (nSPS) is 17.9. The summed E-state index contributed by atoms with van der Waals surface area (Å²) in [6, 6.07) is 3.80. The lowest BCUT2D eigenvalue weighted by Gasteiger charge is -2.30. The number of ether oxygens (including phenoxy) is 1. The number of aryl methyl sites for hydroxylation is 1. The van der Waals surface area contributed by atoms with Gasteiger partial charge < -0.3 is 9.64 Å². The second-order valence-electron chi connectivity index (χ2n) is 7.10. The number of morpholine rings is 1. The van der Waals surface area contributed by atoms with Crippen molar-refractivity contribution >= 4 is 11.9 Å². The highest BCUT2D eigenvalue weighted by atomic mass is 19.1. The summed E-state index contributed by atoms with van der Waals surface area (Å²) in [4.78, 5) is 21.9. The first kappa shape index (κ1) is 18.6. The molecule has 2 aromatic heterocycles. The maximum atomic E-state index is 14.7. The minimum atomic E-state index is -0.821. The molecule has 8 heteroatoms. The average molecular weight is 386 g/mol. The monoisotopic (exact) mass is 386 g/mol. The lowest BCUT2D eigenvalue weighted by molar-refractivity contribution is -0.0190. The van der Waals surface area contributed by atoms with E-state index in [0.717, 1.165) is 24.4 Å². The third-order valence-electron chi connectivity index (χ3n) is 4.95. The number of aromatic nitrogens is 3. The lowest BCUT2D eigenvalue weighted by Crippen LogP contribution is -2.41. The molecule has 0 N–H and O–H groups in total. The molecular formula is C20H20F2N4O2. The van der Waals surface area contributed by atoms with E-state index < -0.39 is 11.6 Å². The number of aldehydes is 1. The molecule has 146 valence electrons. The Balaban J connectivity index is 1.87. The van der Waals surface area contributed by atoms with Crippen LogP contribution in [0.2, 0.25) is 0 Å². The Morgan fingerprint density at radius 2 is 2.04 bits per heavy atom. The van der Waals surface area contributed by atoms with E-state index in [1.165, 1.54) is 0 Å². The quantitative estimate of drug-likeness (QED) is 0.646. The molecule has 0 saturated carbocycles. The van der Waals surface area contributed by atoms with Crippen LogP contribution >= 0.6 is 0 Å². The Morgan fingerprint density at radius 1 is 1.29 bits per heavy atom. The van der Waals surface area contributed by atoms with Gasteiger partial charge in [-0.15, -0.1) is 0 Å². The van der Waals surface area contributed by atoms with E-state index in [4.69, 9.17) is 4.74 Å². The third-order valence-corrected chi connectivity index (χ3v) is 4.95. The van der Waals surface area contributed by atoms with Gasteiger partial charge in [0.2, 0.25) is 0 Å². The Morgan fingerprint density at radius 3 is 2.71 bits per heavy atom. The van der Waals surface area contributed by atoms with Gasteiger partial charge in [0, 0.05) is 36.8 Å². The van der Waals surface area contributed by atoms with Crippen molar-refractivity contribution in [3.63, 3.8) is 0 Å². The van der Waals surface area contributed by atoms with E-state index >= 15 is 0 Å². The van der Waals surface area contributed by atoms with Gasteiger partial charge in [-0.3, -0.25) is 9.20 Å². The molecule has 3 aromatic rings. The maximum Gasteiger partial charge on any atom is 0.150 e. The summed E-state index contributed by atoms with van der Waals surface area (Å²) >= 11 is 0. The average Bonchev–Trinajstić information content (AvgIpc) is 2.98. The van der Waals surface area contributed by atoms with Gasteiger partial charge in [0.25, 0.3) is 0 Å². The summed E-state index contributed by atoms with van der Waals surface area (Å²) < 4.78 is 37.0. The summed E-state index contributed by atoms with van der Waals surface area (Å²) in [5.74, 6) is -1.64. The fraction of sp³-hybridized carbons (Fsp3) is 0.350. The molecule has 0 bridgehead atoms. The summed E-state index contributed by atoms with van der Waals surface area (Å²) in [6.45, 7) is 3.98. The number of hydrogen-bond donors (Lipinski definition) is 0. The van der Waals surface area contributed by atoms with E-state index in [9.17, 15) is 13.6 Å². The summed E-state index contributed by atoms with van der Waals surface area (Å²) in [6.07, 6.45) is 2.33. The molecule has 6 nitrogen and oxygen atoms in total. The second-order valence-corrected chi connectivity index (χ2v) is 7.10. The summed E-state index contributed by atoms with van der Waals surface area (Å²) in [7, 11) is 2.01. The van der Waals surface area contributed by atoms with Gasteiger partial charge in [-0.2, -0.15) is 0 Å². The molecule has 0 amide bonds. The van der Waals surface area contributed by atoms with Crippen LogP contribution in [0.1, 0.15) is 21.7 Å². The number of fused-ring (bicyclic) bond motifs is 1. The van der Waals surface area contributed by atoms with Crippen LogP contribution in [-0.2, 0) is 11.2 Å². The number of likely N-dealkylation sites (N-methyl/N-ethyl adjacent to an activating group) is 1. The zero-order valence-electron chi connectivity index (χ0n) is 15.7. The van der Waals surface area contributed by atoms with Crippen LogP contribution in [0.5, 0.6) is 0 Å². The van der Waals surface area contributed by atoms with Crippen molar-refractivity contribution in [1.29, 1.82) is 0 Å². The molecule has 0 spiro atoms. The number of nitrogens with zero attached hydrogens (tertiary/aromatic N) is 4. The Kier molecular flexibility index (Phi) is 4.91. The Labute approximate surface area is 160 Å². The number of imidazole rings is 1. The highest BCUT2D eigenvalue weighted by molar-refractivity contribution is 5.78. The summed E-state index contributed by atoms with van der Waals surface area (Å²) in [5, 5.41) is 0. The van der Waals surface area contributed by atoms with E-state index in [0.29, 0.717) is 37.2 Å². The predicted molar refractivity (Wildman–Crippen MR) is 99.4 cm³/mol. The third kappa shape index (κ3) is 3.41. The fourth-order valence-corrected chi connectivity index (χ4v) is 3.58. The molecule has 3 heterocycles.